The van der Waals surface area contributed by atoms with E-state index in [2.05, 4.69) is 25.7 Å². The largest absolute Gasteiger partial charge is 0.347 e. The number of anilines is 1. The Bertz CT molecular complexity index is 1660. The highest BCUT2D eigenvalue weighted by Gasteiger charge is 2.21. The van der Waals surface area contributed by atoms with Crippen LogP contribution in [0.15, 0.2) is 91.3 Å². The van der Waals surface area contributed by atoms with E-state index in [0.29, 0.717) is 27.5 Å². The molecule has 194 valence electrons. The fourth-order valence-electron chi connectivity index (χ4n) is 3.80. The highest BCUT2D eigenvalue weighted by atomic mass is 35.5. The first-order valence-electron chi connectivity index (χ1n) is 11.6. The van der Waals surface area contributed by atoms with Gasteiger partial charge in [0, 0.05) is 30.6 Å². The van der Waals surface area contributed by atoms with Crippen LogP contribution in [-0.4, -0.2) is 31.6 Å². The van der Waals surface area contributed by atoms with Crippen molar-refractivity contribution in [2.45, 2.75) is 6.54 Å². The minimum atomic E-state index is -0.646. The number of aromatic nitrogens is 4. The topological polar surface area (TPSA) is 102 Å². The molecule has 5 rings (SSSR count). The molecule has 5 aromatic rings. The van der Waals surface area contributed by atoms with Gasteiger partial charge in [-0.15, -0.1) is 0 Å². The molecule has 0 saturated carbocycles. The maximum atomic E-state index is 13.4. The van der Waals surface area contributed by atoms with E-state index in [0.717, 1.165) is 0 Å². The third kappa shape index (κ3) is 5.95. The van der Waals surface area contributed by atoms with Crippen LogP contribution in [0.2, 0.25) is 10.0 Å². The Balaban J connectivity index is 1.44. The van der Waals surface area contributed by atoms with Crippen molar-refractivity contribution < 1.29 is 14.0 Å². The summed E-state index contributed by atoms with van der Waals surface area (Å²) >= 11 is 12.8. The number of para-hydroxylation sites is 1. The fraction of sp³-hybridized carbons (Fsp3) is 0.0357. The van der Waals surface area contributed by atoms with Crippen molar-refractivity contribution in [3.8, 4) is 16.9 Å². The Morgan fingerprint density at radius 3 is 2.38 bits per heavy atom. The average molecular weight is 561 g/mol. The summed E-state index contributed by atoms with van der Waals surface area (Å²) in [5, 5.41) is 10.4. The number of hydrogen-bond acceptors (Lipinski definition) is 5. The van der Waals surface area contributed by atoms with Crippen LogP contribution in [0, 0.1) is 5.95 Å². The molecule has 11 heteroatoms. The van der Waals surface area contributed by atoms with Crippen LogP contribution < -0.4 is 10.6 Å². The fourth-order valence-corrected chi connectivity index (χ4v) is 4.36. The normalized spacial score (nSPS) is 10.7. The number of halogens is 3. The average Bonchev–Trinajstić information content (AvgIpc) is 3.36. The molecule has 0 aliphatic heterocycles. The van der Waals surface area contributed by atoms with Crippen molar-refractivity contribution >= 4 is 40.8 Å². The van der Waals surface area contributed by atoms with Gasteiger partial charge in [0.2, 0.25) is 5.95 Å². The van der Waals surface area contributed by atoms with Crippen LogP contribution in [0.25, 0.3) is 16.9 Å². The molecule has 2 N–H and O–H groups in total. The molecule has 0 bridgehead atoms. The molecule has 8 nitrogen and oxygen atoms in total. The van der Waals surface area contributed by atoms with Crippen molar-refractivity contribution in [3.05, 3.63) is 124 Å². The van der Waals surface area contributed by atoms with E-state index in [1.54, 1.807) is 54.7 Å². The zero-order valence-corrected chi connectivity index (χ0v) is 21.6. The number of nitrogens with zero attached hydrogens (tertiary/aromatic N) is 4. The summed E-state index contributed by atoms with van der Waals surface area (Å²) in [4.78, 5) is 34.1. The van der Waals surface area contributed by atoms with Gasteiger partial charge in [-0.1, -0.05) is 47.5 Å². The van der Waals surface area contributed by atoms with Crippen LogP contribution in [0.5, 0.6) is 0 Å². The molecule has 3 aromatic heterocycles. The molecule has 0 aliphatic carbocycles. The van der Waals surface area contributed by atoms with E-state index in [1.165, 1.54) is 29.1 Å². The highest BCUT2D eigenvalue weighted by Crippen LogP contribution is 2.32. The Morgan fingerprint density at radius 2 is 1.64 bits per heavy atom. The summed E-state index contributed by atoms with van der Waals surface area (Å²) in [6, 6.07) is 21.6. The van der Waals surface area contributed by atoms with Gasteiger partial charge in [0.15, 0.2) is 5.69 Å². The standard InChI is InChI=1S/C28H19Cl2FN6O2/c29-21-14-22(30)20(13-19(21)23-8-4-5-10-32-23)27(38)35-26-15-24(36-37(26)18-6-2-1-3-7-18)28(39)34-16-17-9-11-33-25(31)12-17/h1-15H,16H2,(H,34,39)(H,35,38). The SMILES string of the molecule is O=C(NCc1ccnc(F)c1)c1cc(NC(=O)c2cc(-c3ccccn3)c(Cl)cc2Cl)n(-c2ccccc2)n1. The summed E-state index contributed by atoms with van der Waals surface area (Å²) in [5.41, 5.74) is 2.47. The summed E-state index contributed by atoms with van der Waals surface area (Å²) in [7, 11) is 0. The molecular formula is C28H19Cl2FN6O2. The first-order valence-corrected chi connectivity index (χ1v) is 12.4. The molecule has 0 aliphatic rings. The maximum Gasteiger partial charge on any atom is 0.272 e. The summed E-state index contributed by atoms with van der Waals surface area (Å²) in [5.74, 6) is -1.46. The van der Waals surface area contributed by atoms with E-state index in [1.807, 2.05) is 12.1 Å². The van der Waals surface area contributed by atoms with Gasteiger partial charge >= 0.3 is 0 Å². The van der Waals surface area contributed by atoms with Crippen molar-refractivity contribution in [1.82, 2.24) is 25.1 Å². The van der Waals surface area contributed by atoms with Crippen molar-refractivity contribution in [2.24, 2.45) is 0 Å². The molecule has 3 heterocycles. The maximum absolute atomic E-state index is 13.4. The lowest BCUT2D eigenvalue weighted by molar-refractivity contribution is 0.0944. The Kier molecular flexibility index (Phi) is 7.62. The molecule has 0 fully saturated rings. The predicted molar refractivity (Wildman–Crippen MR) is 147 cm³/mol. The van der Waals surface area contributed by atoms with Crippen LogP contribution in [0.4, 0.5) is 10.2 Å². The van der Waals surface area contributed by atoms with E-state index < -0.39 is 17.8 Å². The second-order valence-corrected chi connectivity index (χ2v) is 9.13. The van der Waals surface area contributed by atoms with Gasteiger partial charge in [0.25, 0.3) is 11.8 Å². The van der Waals surface area contributed by atoms with Crippen LogP contribution >= 0.6 is 23.2 Å². The number of amides is 2. The Hall–Kier alpha value is -4.60. The van der Waals surface area contributed by atoms with Gasteiger partial charge in [0.1, 0.15) is 5.82 Å². The minimum absolute atomic E-state index is 0.0417. The number of nitrogens with one attached hydrogen (secondary N) is 2. The monoisotopic (exact) mass is 560 g/mol. The van der Waals surface area contributed by atoms with Gasteiger partial charge < -0.3 is 10.6 Å². The van der Waals surface area contributed by atoms with E-state index in [4.69, 9.17) is 23.2 Å². The lowest BCUT2D eigenvalue weighted by Gasteiger charge is -2.12. The quantitative estimate of drug-likeness (QED) is 0.239. The number of carbonyl (C=O) groups excluding carboxylic acids is 2. The summed E-state index contributed by atoms with van der Waals surface area (Å²) < 4.78 is 14.8. The van der Waals surface area contributed by atoms with E-state index in [9.17, 15) is 14.0 Å². The first kappa shape index (κ1) is 26.0. The van der Waals surface area contributed by atoms with Gasteiger partial charge in [-0.2, -0.15) is 9.49 Å². The highest BCUT2D eigenvalue weighted by molar-refractivity contribution is 6.38. The molecule has 0 unspecified atom stereocenters. The number of rotatable bonds is 7. The Labute approximate surface area is 232 Å². The van der Waals surface area contributed by atoms with Crippen molar-refractivity contribution in [3.63, 3.8) is 0 Å². The zero-order valence-electron chi connectivity index (χ0n) is 20.1. The molecule has 2 aromatic carbocycles. The number of benzene rings is 2. The second-order valence-electron chi connectivity index (χ2n) is 8.31. The lowest BCUT2D eigenvalue weighted by atomic mass is 10.1. The number of carbonyl (C=O) groups is 2. The third-order valence-electron chi connectivity index (χ3n) is 5.67. The molecule has 0 atom stereocenters. The molecule has 0 spiro atoms. The molecule has 0 saturated heterocycles. The summed E-state index contributed by atoms with van der Waals surface area (Å²) in [6.07, 6.45) is 2.94. The molecule has 39 heavy (non-hydrogen) atoms. The van der Waals surface area contributed by atoms with Crippen molar-refractivity contribution in [1.29, 1.82) is 0 Å². The van der Waals surface area contributed by atoms with Crippen LogP contribution in [-0.2, 0) is 6.54 Å². The summed E-state index contributed by atoms with van der Waals surface area (Å²) in [6.45, 7) is 0.0643. The van der Waals surface area contributed by atoms with Crippen molar-refractivity contribution in [2.75, 3.05) is 5.32 Å². The smallest absolute Gasteiger partial charge is 0.272 e. The van der Waals surface area contributed by atoms with Gasteiger partial charge in [-0.25, -0.2) is 9.67 Å². The number of hydrogen-bond donors (Lipinski definition) is 2. The zero-order chi connectivity index (χ0) is 27.4. The van der Waals surface area contributed by atoms with Gasteiger partial charge in [0.05, 0.1) is 27.0 Å². The number of pyridine rings is 2. The van der Waals surface area contributed by atoms with E-state index >= 15 is 0 Å². The third-order valence-corrected chi connectivity index (χ3v) is 6.30. The van der Waals surface area contributed by atoms with Crippen LogP contribution in [0.1, 0.15) is 26.4 Å². The first-order chi connectivity index (χ1) is 18.9. The van der Waals surface area contributed by atoms with Gasteiger partial charge in [-0.3, -0.25) is 14.6 Å². The predicted octanol–water partition coefficient (Wildman–Crippen LogP) is 5.96. The van der Waals surface area contributed by atoms with E-state index in [-0.39, 0.29) is 28.6 Å². The molecule has 2 amide bonds. The minimum Gasteiger partial charge on any atom is -0.347 e. The molecular weight excluding hydrogens is 542 g/mol. The molecule has 0 radical (unpaired) electrons. The Morgan fingerprint density at radius 1 is 0.846 bits per heavy atom. The van der Waals surface area contributed by atoms with Gasteiger partial charge in [-0.05, 0) is 54.1 Å². The second kappa shape index (κ2) is 11.4. The lowest BCUT2D eigenvalue weighted by Crippen LogP contribution is -2.23. The van der Waals surface area contributed by atoms with Crippen LogP contribution in [0.3, 0.4) is 0 Å².